The van der Waals surface area contributed by atoms with Gasteiger partial charge in [0.05, 0.1) is 13.7 Å². The highest BCUT2D eigenvalue weighted by Gasteiger charge is 2.11. The van der Waals surface area contributed by atoms with E-state index in [-0.39, 0.29) is 11.8 Å². The van der Waals surface area contributed by atoms with E-state index in [0.29, 0.717) is 41.8 Å². The highest BCUT2D eigenvalue weighted by atomic mass is 16.5. The Morgan fingerprint density at radius 3 is 2.19 bits per heavy atom. The molecule has 0 atom stereocenters. The van der Waals surface area contributed by atoms with Crippen molar-refractivity contribution in [2.24, 2.45) is 5.92 Å². The minimum atomic E-state index is -0.227. The maximum atomic E-state index is 12.5. The summed E-state index contributed by atoms with van der Waals surface area (Å²) in [5, 5.41) is 5.53. The van der Waals surface area contributed by atoms with Crippen molar-refractivity contribution in [1.82, 2.24) is 0 Å². The zero-order chi connectivity index (χ0) is 19.8. The number of carbonyl (C=O) groups excluding carboxylic acids is 2. The van der Waals surface area contributed by atoms with Crippen molar-refractivity contribution in [2.45, 2.75) is 27.4 Å². The van der Waals surface area contributed by atoms with Gasteiger partial charge < -0.3 is 20.1 Å². The summed E-state index contributed by atoms with van der Waals surface area (Å²) in [5.41, 5.74) is 2.66. The molecule has 144 valence electrons. The Labute approximate surface area is 159 Å². The molecule has 0 saturated carbocycles. The molecule has 0 radical (unpaired) electrons. The van der Waals surface area contributed by atoms with E-state index in [1.807, 2.05) is 0 Å². The van der Waals surface area contributed by atoms with Gasteiger partial charge in [-0.05, 0) is 48.4 Å². The molecule has 2 amide bonds. The van der Waals surface area contributed by atoms with E-state index in [0.717, 1.165) is 5.56 Å². The third-order valence-corrected chi connectivity index (χ3v) is 3.71. The molecule has 0 spiro atoms. The second-order valence-electron chi connectivity index (χ2n) is 6.65. The molecule has 0 fully saturated rings. The summed E-state index contributed by atoms with van der Waals surface area (Å²) in [6.07, 6.45) is 0. The van der Waals surface area contributed by atoms with Crippen LogP contribution in [0.5, 0.6) is 5.75 Å². The predicted molar refractivity (Wildman–Crippen MR) is 106 cm³/mol. The van der Waals surface area contributed by atoms with Crippen LogP contribution < -0.4 is 15.4 Å². The summed E-state index contributed by atoms with van der Waals surface area (Å²) in [6, 6.07) is 12.2. The average molecular weight is 370 g/mol. The molecule has 2 rings (SSSR count). The largest absolute Gasteiger partial charge is 0.496 e. The minimum Gasteiger partial charge on any atom is -0.496 e. The first-order valence-electron chi connectivity index (χ1n) is 8.82. The lowest BCUT2D eigenvalue weighted by Crippen LogP contribution is -2.13. The Morgan fingerprint density at radius 2 is 1.63 bits per heavy atom. The van der Waals surface area contributed by atoms with E-state index in [4.69, 9.17) is 9.47 Å². The normalized spacial score (nSPS) is 10.6. The fourth-order valence-corrected chi connectivity index (χ4v) is 2.48. The highest BCUT2D eigenvalue weighted by molar-refractivity contribution is 6.04. The molecular weight excluding hydrogens is 344 g/mol. The van der Waals surface area contributed by atoms with Crippen LogP contribution in [0.1, 0.15) is 36.7 Å². The van der Waals surface area contributed by atoms with Crippen LogP contribution in [0.3, 0.4) is 0 Å². The molecule has 2 N–H and O–H groups in total. The van der Waals surface area contributed by atoms with Crippen LogP contribution in [0.4, 0.5) is 11.4 Å². The maximum absolute atomic E-state index is 12.5. The van der Waals surface area contributed by atoms with Crippen molar-refractivity contribution in [3.05, 3.63) is 53.6 Å². The van der Waals surface area contributed by atoms with Crippen LogP contribution in [0.2, 0.25) is 0 Å². The lowest BCUT2D eigenvalue weighted by atomic mass is 10.1. The van der Waals surface area contributed by atoms with Crippen molar-refractivity contribution < 1.29 is 19.1 Å². The zero-order valence-corrected chi connectivity index (χ0v) is 16.2. The number of amides is 2. The standard InChI is InChI=1S/C21H26N2O4/c1-14(2)12-27-13-17-11-16(5-10-20(17)26-4)21(25)23-19-8-6-18(7-9-19)22-15(3)24/h5-11,14H,12-13H2,1-4H3,(H,22,24)(H,23,25). The van der Waals surface area contributed by atoms with Crippen LogP contribution in [-0.2, 0) is 16.1 Å². The smallest absolute Gasteiger partial charge is 0.255 e. The van der Waals surface area contributed by atoms with E-state index < -0.39 is 0 Å². The SMILES string of the molecule is COc1ccc(C(=O)Nc2ccc(NC(C)=O)cc2)cc1COCC(C)C. The Balaban J connectivity index is 2.07. The molecule has 6 heteroatoms. The first-order valence-corrected chi connectivity index (χ1v) is 8.82. The molecule has 0 bridgehead atoms. The topological polar surface area (TPSA) is 76.7 Å². The van der Waals surface area contributed by atoms with Gasteiger partial charge in [-0.1, -0.05) is 13.8 Å². The van der Waals surface area contributed by atoms with Crippen molar-refractivity contribution in [3.63, 3.8) is 0 Å². The number of methoxy groups -OCH3 is 1. The van der Waals surface area contributed by atoms with Gasteiger partial charge in [0.15, 0.2) is 0 Å². The summed E-state index contributed by atoms with van der Waals surface area (Å²) in [7, 11) is 1.59. The van der Waals surface area contributed by atoms with Crippen LogP contribution in [0.15, 0.2) is 42.5 Å². The van der Waals surface area contributed by atoms with Gasteiger partial charge in [0.2, 0.25) is 5.91 Å². The zero-order valence-electron chi connectivity index (χ0n) is 16.2. The molecule has 0 aromatic heterocycles. The highest BCUT2D eigenvalue weighted by Crippen LogP contribution is 2.22. The predicted octanol–water partition coefficient (Wildman–Crippen LogP) is 4.08. The van der Waals surface area contributed by atoms with Crippen LogP contribution in [0, 0.1) is 5.92 Å². The number of hydrogen-bond acceptors (Lipinski definition) is 4. The second-order valence-corrected chi connectivity index (χ2v) is 6.65. The Hall–Kier alpha value is -2.86. The van der Waals surface area contributed by atoms with Gasteiger partial charge in [-0.15, -0.1) is 0 Å². The number of anilines is 2. The van der Waals surface area contributed by atoms with Gasteiger partial charge in [0.1, 0.15) is 5.75 Å². The number of hydrogen-bond donors (Lipinski definition) is 2. The number of benzene rings is 2. The molecule has 6 nitrogen and oxygen atoms in total. The molecule has 0 unspecified atom stereocenters. The van der Waals surface area contributed by atoms with E-state index in [2.05, 4.69) is 24.5 Å². The Bertz CT molecular complexity index is 785. The average Bonchev–Trinajstić information content (AvgIpc) is 2.62. The van der Waals surface area contributed by atoms with E-state index >= 15 is 0 Å². The van der Waals surface area contributed by atoms with Gasteiger partial charge in [0.25, 0.3) is 5.91 Å². The number of carbonyl (C=O) groups is 2. The van der Waals surface area contributed by atoms with Gasteiger partial charge in [0, 0.05) is 36.0 Å². The first-order chi connectivity index (χ1) is 12.9. The first kappa shape index (κ1) is 20.5. The van der Waals surface area contributed by atoms with E-state index in [1.165, 1.54) is 6.92 Å². The second kappa shape index (κ2) is 9.73. The Morgan fingerprint density at radius 1 is 1.00 bits per heavy atom. The molecule has 0 heterocycles. The molecule has 2 aromatic carbocycles. The lowest BCUT2D eigenvalue weighted by Gasteiger charge is -2.13. The van der Waals surface area contributed by atoms with Crippen molar-refractivity contribution in [1.29, 1.82) is 0 Å². The Kier molecular flexibility index (Phi) is 7.37. The molecule has 0 aliphatic heterocycles. The fraction of sp³-hybridized carbons (Fsp3) is 0.333. The van der Waals surface area contributed by atoms with Gasteiger partial charge in [-0.3, -0.25) is 9.59 Å². The molecule has 2 aromatic rings. The van der Waals surface area contributed by atoms with Crippen molar-refractivity contribution >= 4 is 23.2 Å². The molecular formula is C21H26N2O4. The minimum absolute atomic E-state index is 0.141. The fourth-order valence-electron chi connectivity index (χ4n) is 2.48. The van der Waals surface area contributed by atoms with Crippen molar-refractivity contribution in [3.8, 4) is 5.75 Å². The third kappa shape index (κ3) is 6.42. The summed E-state index contributed by atoms with van der Waals surface area (Å²) >= 11 is 0. The monoisotopic (exact) mass is 370 g/mol. The van der Waals surface area contributed by atoms with Crippen LogP contribution in [0.25, 0.3) is 0 Å². The molecule has 0 aliphatic carbocycles. The van der Waals surface area contributed by atoms with Gasteiger partial charge in [-0.25, -0.2) is 0 Å². The number of ether oxygens (including phenoxy) is 2. The van der Waals surface area contributed by atoms with Crippen LogP contribution in [-0.4, -0.2) is 25.5 Å². The molecule has 27 heavy (non-hydrogen) atoms. The summed E-state index contributed by atoms with van der Waals surface area (Å²) in [4.78, 5) is 23.6. The number of rotatable bonds is 8. The maximum Gasteiger partial charge on any atom is 0.255 e. The van der Waals surface area contributed by atoms with E-state index in [9.17, 15) is 9.59 Å². The third-order valence-electron chi connectivity index (χ3n) is 3.71. The quantitative estimate of drug-likeness (QED) is 0.734. The molecule has 0 aliphatic rings. The summed E-state index contributed by atoms with van der Waals surface area (Å²) in [5.74, 6) is 0.755. The van der Waals surface area contributed by atoms with Crippen LogP contribution >= 0.6 is 0 Å². The summed E-state index contributed by atoms with van der Waals surface area (Å²) < 4.78 is 11.0. The lowest BCUT2D eigenvalue weighted by molar-refractivity contribution is -0.114. The van der Waals surface area contributed by atoms with Crippen molar-refractivity contribution in [2.75, 3.05) is 24.4 Å². The molecule has 0 saturated heterocycles. The van der Waals surface area contributed by atoms with Gasteiger partial charge >= 0.3 is 0 Å². The van der Waals surface area contributed by atoms with E-state index in [1.54, 1.807) is 49.6 Å². The number of nitrogens with one attached hydrogen (secondary N) is 2. The summed E-state index contributed by atoms with van der Waals surface area (Å²) in [6.45, 7) is 6.63. The van der Waals surface area contributed by atoms with Gasteiger partial charge in [-0.2, -0.15) is 0 Å².